The lowest BCUT2D eigenvalue weighted by molar-refractivity contribution is -0.129. The van der Waals surface area contributed by atoms with Crippen LogP contribution in [0.15, 0.2) is 49.2 Å². The summed E-state index contributed by atoms with van der Waals surface area (Å²) < 4.78 is 16.9. The number of thiophene rings is 1. The van der Waals surface area contributed by atoms with Gasteiger partial charge in [-0.1, -0.05) is 49.3 Å². The van der Waals surface area contributed by atoms with E-state index in [9.17, 15) is 4.79 Å². The molecule has 4 rings (SSSR count). The molecule has 1 aliphatic rings. The van der Waals surface area contributed by atoms with Crippen molar-refractivity contribution < 1.29 is 9.18 Å². The number of rotatable bonds is 5. The number of nitrogens with zero attached hydrogens (tertiary/aromatic N) is 3. The van der Waals surface area contributed by atoms with Crippen molar-refractivity contribution in [2.45, 2.75) is 51.0 Å². The number of aryl methyl sites for hydroxylation is 2. The molecule has 0 saturated carbocycles. The predicted octanol–water partition coefficient (Wildman–Crippen LogP) is 5.82. The standard InChI is InChI=1S/C24H28FN3OP2S/c1-5-21(29)28-13-20-18(11-14(3)32-20)22(15(28)4)17-10-8-7-9-16(17)19-12-27(6-2)26-23(19)24(25,30)31/h5,7-12,15,22H,1,6,13,30-31H2,2-4H3. The third-order valence-electron chi connectivity index (χ3n) is 6.08. The predicted molar refractivity (Wildman–Crippen MR) is 137 cm³/mol. The number of aromatic nitrogens is 2. The van der Waals surface area contributed by atoms with E-state index in [0.717, 1.165) is 16.7 Å². The van der Waals surface area contributed by atoms with Crippen LogP contribution in [0.3, 0.4) is 0 Å². The Bertz CT molecular complexity index is 1180. The molecule has 4 unspecified atom stereocenters. The van der Waals surface area contributed by atoms with Gasteiger partial charge >= 0.3 is 0 Å². The molecule has 1 aromatic carbocycles. The summed E-state index contributed by atoms with van der Waals surface area (Å²) in [7, 11) is 4.47. The van der Waals surface area contributed by atoms with Gasteiger partial charge in [0.05, 0.1) is 6.54 Å². The van der Waals surface area contributed by atoms with Crippen molar-refractivity contribution in [2.24, 2.45) is 0 Å². The summed E-state index contributed by atoms with van der Waals surface area (Å²) in [6.45, 7) is 11.1. The minimum Gasteiger partial charge on any atom is -0.330 e. The zero-order valence-electron chi connectivity index (χ0n) is 18.5. The van der Waals surface area contributed by atoms with Gasteiger partial charge in [0.25, 0.3) is 0 Å². The first-order chi connectivity index (χ1) is 15.2. The van der Waals surface area contributed by atoms with E-state index in [-0.39, 0.29) is 17.9 Å². The largest absolute Gasteiger partial charge is 0.330 e. The molecule has 0 saturated heterocycles. The Morgan fingerprint density at radius 3 is 2.72 bits per heavy atom. The number of carbonyl (C=O) groups excluding carboxylic acids is 1. The lowest BCUT2D eigenvalue weighted by Gasteiger charge is -2.40. The maximum absolute atomic E-state index is 15.1. The van der Waals surface area contributed by atoms with Gasteiger partial charge in [0.15, 0.2) is 5.15 Å². The Balaban J connectivity index is 1.94. The highest BCUT2D eigenvalue weighted by Crippen LogP contribution is 2.48. The molecule has 0 fully saturated rings. The van der Waals surface area contributed by atoms with Crippen LogP contribution >= 0.6 is 29.8 Å². The van der Waals surface area contributed by atoms with Crippen molar-refractivity contribution >= 4 is 35.7 Å². The monoisotopic (exact) mass is 487 g/mol. The Kier molecular flexibility index (Phi) is 6.42. The van der Waals surface area contributed by atoms with Crippen LogP contribution in [-0.4, -0.2) is 26.6 Å². The van der Waals surface area contributed by atoms with Crippen molar-refractivity contribution in [1.82, 2.24) is 14.7 Å². The molecule has 3 aromatic rings. The van der Waals surface area contributed by atoms with Gasteiger partial charge in [-0.3, -0.25) is 9.48 Å². The number of carbonyl (C=O) groups is 1. The topological polar surface area (TPSA) is 38.1 Å². The van der Waals surface area contributed by atoms with E-state index in [1.165, 1.54) is 21.4 Å². The molecule has 0 N–H and O–H groups in total. The fourth-order valence-electron chi connectivity index (χ4n) is 4.61. The number of fused-ring (bicyclic) bond motifs is 1. The molecule has 0 radical (unpaired) electrons. The van der Waals surface area contributed by atoms with Crippen molar-refractivity contribution in [3.8, 4) is 11.1 Å². The first kappa shape index (κ1) is 23.3. The van der Waals surface area contributed by atoms with Crippen molar-refractivity contribution in [3.05, 3.63) is 75.8 Å². The van der Waals surface area contributed by atoms with Crippen LogP contribution in [0.25, 0.3) is 11.1 Å². The summed E-state index contributed by atoms with van der Waals surface area (Å²) in [6.07, 6.45) is 3.30. The Morgan fingerprint density at radius 2 is 2.06 bits per heavy atom. The van der Waals surface area contributed by atoms with Crippen LogP contribution in [0.2, 0.25) is 0 Å². The molecular formula is C24H28FN3OP2S. The van der Waals surface area contributed by atoms with E-state index in [4.69, 9.17) is 0 Å². The van der Waals surface area contributed by atoms with Gasteiger partial charge in [0, 0.05) is 40.0 Å². The van der Waals surface area contributed by atoms with Gasteiger partial charge in [0.1, 0.15) is 5.69 Å². The van der Waals surface area contributed by atoms with Gasteiger partial charge in [-0.25, -0.2) is 4.39 Å². The number of amides is 1. The minimum absolute atomic E-state index is 0.0374. The highest BCUT2D eigenvalue weighted by Gasteiger charge is 2.38. The Hall–Kier alpha value is -1.87. The summed E-state index contributed by atoms with van der Waals surface area (Å²) in [5.74, 6) is -0.112. The number of alkyl halides is 1. The van der Waals surface area contributed by atoms with Crippen LogP contribution in [0.5, 0.6) is 0 Å². The summed E-state index contributed by atoms with van der Waals surface area (Å²) in [4.78, 5) is 17.0. The fourth-order valence-corrected chi connectivity index (χ4v) is 6.12. The van der Waals surface area contributed by atoms with E-state index >= 15 is 4.39 Å². The highest BCUT2D eigenvalue weighted by atomic mass is 32.1. The van der Waals surface area contributed by atoms with Gasteiger partial charge in [-0.05, 0) is 49.6 Å². The van der Waals surface area contributed by atoms with E-state index < -0.39 is 5.15 Å². The third kappa shape index (κ3) is 4.09. The van der Waals surface area contributed by atoms with E-state index in [2.05, 4.69) is 56.1 Å². The zero-order chi connectivity index (χ0) is 23.2. The van der Waals surface area contributed by atoms with Crippen molar-refractivity contribution in [1.29, 1.82) is 0 Å². The average molecular weight is 488 g/mol. The minimum atomic E-state index is -1.74. The van der Waals surface area contributed by atoms with Crippen LogP contribution in [0.1, 0.15) is 46.3 Å². The molecule has 1 aliphatic heterocycles. The number of benzene rings is 1. The SMILES string of the molecule is C=CC(=O)N1Cc2sc(C)cc2C(c2ccccc2-c2cn(CC)nc2C(F)(P)P)C1C. The van der Waals surface area contributed by atoms with Crippen LogP contribution < -0.4 is 0 Å². The van der Waals surface area contributed by atoms with E-state index in [1.54, 1.807) is 16.0 Å². The molecule has 0 spiro atoms. The average Bonchev–Trinajstić information content (AvgIpc) is 3.35. The van der Waals surface area contributed by atoms with Crippen molar-refractivity contribution in [3.63, 3.8) is 0 Å². The van der Waals surface area contributed by atoms with Crippen LogP contribution in [0, 0.1) is 6.92 Å². The van der Waals surface area contributed by atoms with Crippen LogP contribution in [-0.2, 0) is 23.0 Å². The van der Waals surface area contributed by atoms with Crippen LogP contribution in [0.4, 0.5) is 4.39 Å². The van der Waals surface area contributed by atoms with Gasteiger partial charge in [0.2, 0.25) is 5.91 Å². The van der Waals surface area contributed by atoms with Crippen molar-refractivity contribution in [2.75, 3.05) is 0 Å². The molecule has 168 valence electrons. The maximum Gasteiger partial charge on any atom is 0.246 e. The van der Waals surface area contributed by atoms with E-state index in [0.29, 0.717) is 18.8 Å². The second-order valence-electron chi connectivity index (χ2n) is 8.23. The lowest BCUT2D eigenvalue weighted by Crippen LogP contribution is -2.44. The lowest BCUT2D eigenvalue weighted by atomic mass is 9.79. The molecule has 3 heterocycles. The molecule has 0 aliphatic carbocycles. The maximum atomic E-state index is 15.1. The molecule has 0 bridgehead atoms. The second-order valence-corrected chi connectivity index (χ2v) is 11.9. The first-order valence-corrected chi connectivity index (χ1v) is 12.6. The third-order valence-corrected chi connectivity index (χ3v) is 7.68. The molecule has 4 atom stereocenters. The van der Waals surface area contributed by atoms with Gasteiger partial charge in [-0.2, -0.15) is 5.10 Å². The smallest absolute Gasteiger partial charge is 0.246 e. The molecule has 4 nitrogen and oxygen atoms in total. The van der Waals surface area contributed by atoms with Gasteiger partial charge in [-0.15, -0.1) is 11.3 Å². The Morgan fingerprint density at radius 1 is 1.34 bits per heavy atom. The van der Waals surface area contributed by atoms with E-state index in [1.807, 2.05) is 36.2 Å². The zero-order valence-corrected chi connectivity index (χ0v) is 21.6. The summed E-state index contributed by atoms with van der Waals surface area (Å²) in [6, 6.07) is 10.2. The Labute approximate surface area is 197 Å². The number of hydrogen-bond acceptors (Lipinski definition) is 3. The first-order valence-electron chi connectivity index (χ1n) is 10.6. The summed E-state index contributed by atoms with van der Waals surface area (Å²) in [5, 5.41) is 2.77. The second kappa shape index (κ2) is 8.82. The molecular weight excluding hydrogens is 459 g/mol. The van der Waals surface area contributed by atoms with Gasteiger partial charge < -0.3 is 4.90 Å². The number of halogens is 1. The number of hydrogen-bond donors (Lipinski definition) is 0. The summed E-state index contributed by atoms with van der Waals surface area (Å²) in [5.41, 5.74) is 4.38. The molecule has 1 amide bonds. The molecule has 2 aromatic heterocycles. The molecule has 32 heavy (non-hydrogen) atoms. The quantitative estimate of drug-likeness (QED) is 0.336. The molecule has 8 heteroatoms. The fraction of sp³-hybridized carbons (Fsp3) is 0.333. The summed E-state index contributed by atoms with van der Waals surface area (Å²) >= 11 is 1.73. The normalized spacial score (nSPS) is 18.5. The highest BCUT2D eigenvalue weighted by molar-refractivity contribution is 7.38.